The second kappa shape index (κ2) is 4.27. The molecule has 100 valence electrons. The van der Waals surface area contributed by atoms with Crippen LogP contribution in [0.2, 0.25) is 0 Å². The van der Waals surface area contributed by atoms with Crippen molar-refractivity contribution in [2.24, 2.45) is 7.05 Å². The zero-order chi connectivity index (χ0) is 12.8. The molecule has 0 radical (unpaired) electrons. The van der Waals surface area contributed by atoms with E-state index in [1.54, 1.807) is 5.56 Å². The molecule has 0 fully saturated rings. The Labute approximate surface area is 113 Å². The van der Waals surface area contributed by atoms with Gasteiger partial charge in [-0.25, -0.2) is 0 Å². The molecule has 1 aromatic heterocycles. The Morgan fingerprint density at radius 2 is 2.00 bits per heavy atom. The minimum atomic E-state index is 0.870. The van der Waals surface area contributed by atoms with Gasteiger partial charge in [-0.05, 0) is 43.5 Å². The average Bonchev–Trinajstić information content (AvgIpc) is 2.63. The molecule has 3 heteroatoms. The third kappa shape index (κ3) is 1.61. The SMILES string of the molecule is Cn1c2c(c3c4c(ccc31)OCCC4)CCNCC2. The van der Waals surface area contributed by atoms with Crippen LogP contribution in [0.3, 0.4) is 0 Å². The molecule has 1 aromatic carbocycles. The molecule has 0 unspecified atom stereocenters. The van der Waals surface area contributed by atoms with Crippen LogP contribution >= 0.6 is 0 Å². The van der Waals surface area contributed by atoms with Crippen LogP contribution in [0.4, 0.5) is 0 Å². The van der Waals surface area contributed by atoms with Crippen LogP contribution in [0.15, 0.2) is 12.1 Å². The molecule has 0 saturated heterocycles. The minimum absolute atomic E-state index is 0.870. The fourth-order valence-electron chi connectivity index (χ4n) is 3.67. The summed E-state index contributed by atoms with van der Waals surface area (Å²) in [7, 11) is 2.21. The number of aromatic nitrogens is 1. The summed E-state index contributed by atoms with van der Waals surface area (Å²) in [5, 5.41) is 4.99. The van der Waals surface area contributed by atoms with E-state index in [0.29, 0.717) is 0 Å². The predicted octanol–water partition coefficient (Wildman–Crippen LogP) is 2.19. The van der Waals surface area contributed by atoms with E-state index in [1.165, 1.54) is 22.2 Å². The number of fused-ring (bicyclic) bond motifs is 5. The van der Waals surface area contributed by atoms with Crippen molar-refractivity contribution in [3.63, 3.8) is 0 Å². The van der Waals surface area contributed by atoms with Crippen LogP contribution in [0.25, 0.3) is 10.9 Å². The number of ether oxygens (including phenoxy) is 1. The van der Waals surface area contributed by atoms with Crippen molar-refractivity contribution >= 4 is 10.9 Å². The summed E-state index contributed by atoms with van der Waals surface area (Å²) in [6.45, 7) is 3.06. The Balaban J connectivity index is 2.05. The highest BCUT2D eigenvalue weighted by atomic mass is 16.5. The first-order valence-corrected chi connectivity index (χ1v) is 7.32. The zero-order valence-corrected chi connectivity index (χ0v) is 11.5. The van der Waals surface area contributed by atoms with E-state index in [-0.39, 0.29) is 0 Å². The van der Waals surface area contributed by atoms with Gasteiger partial charge in [0, 0.05) is 42.2 Å². The molecule has 0 amide bonds. The van der Waals surface area contributed by atoms with Gasteiger partial charge in [0.25, 0.3) is 0 Å². The highest BCUT2D eigenvalue weighted by Crippen LogP contribution is 2.37. The molecule has 2 aliphatic rings. The van der Waals surface area contributed by atoms with Crippen molar-refractivity contribution in [3.8, 4) is 5.75 Å². The van der Waals surface area contributed by atoms with Crippen molar-refractivity contribution in [1.82, 2.24) is 9.88 Å². The van der Waals surface area contributed by atoms with Gasteiger partial charge in [0.2, 0.25) is 0 Å². The number of nitrogens with one attached hydrogen (secondary N) is 1. The lowest BCUT2D eigenvalue weighted by atomic mass is 9.97. The van der Waals surface area contributed by atoms with Crippen LogP contribution < -0.4 is 10.1 Å². The molecule has 19 heavy (non-hydrogen) atoms. The fraction of sp³-hybridized carbons (Fsp3) is 0.500. The number of hydrogen-bond donors (Lipinski definition) is 1. The molecule has 0 bridgehead atoms. The Morgan fingerprint density at radius 3 is 2.95 bits per heavy atom. The number of benzene rings is 1. The predicted molar refractivity (Wildman–Crippen MR) is 77.0 cm³/mol. The molecule has 0 aliphatic carbocycles. The number of nitrogens with zero attached hydrogens (tertiary/aromatic N) is 1. The zero-order valence-electron chi connectivity index (χ0n) is 11.5. The normalized spacial score (nSPS) is 18.6. The maximum Gasteiger partial charge on any atom is 0.123 e. The smallest absolute Gasteiger partial charge is 0.123 e. The topological polar surface area (TPSA) is 26.2 Å². The molecule has 0 saturated carbocycles. The van der Waals surface area contributed by atoms with E-state index in [9.17, 15) is 0 Å². The van der Waals surface area contributed by atoms with Crippen LogP contribution in [-0.4, -0.2) is 24.3 Å². The monoisotopic (exact) mass is 256 g/mol. The first-order chi connectivity index (χ1) is 9.36. The van der Waals surface area contributed by atoms with Crippen molar-refractivity contribution in [3.05, 3.63) is 29.0 Å². The first kappa shape index (κ1) is 11.4. The number of aryl methyl sites for hydroxylation is 2. The Kier molecular flexibility index (Phi) is 2.55. The lowest BCUT2D eigenvalue weighted by molar-refractivity contribution is 0.289. The van der Waals surface area contributed by atoms with E-state index in [4.69, 9.17) is 4.74 Å². The maximum absolute atomic E-state index is 5.84. The summed E-state index contributed by atoms with van der Waals surface area (Å²) in [5.41, 5.74) is 5.91. The molecule has 0 atom stereocenters. The molecule has 2 aromatic rings. The standard InChI is InChI=1S/C16H20N2O/c1-18-13-7-9-17-8-6-11(13)16-12-3-2-10-19-15(12)5-4-14(16)18/h4-5,17H,2-3,6-10H2,1H3. The van der Waals surface area contributed by atoms with Gasteiger partial charge < -0.3 is 14.6 Å². The van der Waals surface area contributed by atoms with Crippen LogP contribution in [0.1, 0.15) is 23.2 Å². The minimum Gasteiger partial charge on any atom is -0.493 e. The largest absolute Gasteiger partial charge is 0.493 e. The van der Waals surface area contributed by atoms with Gasteiger partial charge >= 0.3 is 0 Å². The number of rotatable bonds is 0. The van der Waals surface area contributed by atoms with Gasteiger partial charge in [-0.1, -0.05) is 0 Å². The van der Waals surface area contributed by atoms with Gasteiger partial charge in [-0.15, -0.1) is 0 Å². The lowest BCUT2D eigenvalue weighted by Gasteiger charge is -2.18. The summed E-state index contributed by atoms with van der Waals surface area (Å²) >= 11 is 0. The molecular weight excluding hydrogens is 236 g/mol. The molecule has 2 aliphatic heterocycles. The lowest BCUT2D eigenvalue weighted by Crippen LogP contribution is -2.17. The number of hydrogen-bond acceptors (Lipinski definition) is 2. The van der Waals surface area contributed by atoms with Gasteiger partial charge in [0.1, 0.15) is 5.75 Å². The summed E-state index contributed by atoms with van der Waals surface area (Å²) in [6, 6.07) is 4.40. The highest BCUT2D eigenvalue weighted by molar-refractivity contribution is 5.91. The van der Waals surface area contributed by atoms with Crippen LogP contribution in [-0.2, 0) is 26.3 Å². The van der Waals surface area contributed by atoms with Crippen molar-refractivity contribution < 1.29 is 4.74 Å². The van der Waals surface area contributed by atoms with Crippen LogP contribution in [0.5, 0.6) is 5.75 Å². The third-order valence-electron chi connectivity index (χ3n) is 4.58. The maximum atomic E-state index is 5.84. The molecular formula is C16H20N2O. The Morgan fingerprint density at radius 1 is 1.11 bits per heavy atom. The summed E-state index contributed by atoms with van der Waals surface area (Å²) < 4.78 is 8.23. The fourth-order valence-corrected chi connectivity index (χ4v) is 3.67. The quantitative estimate of drug-likeness (QED) is 0.782. The van der Waals surface area contributed by atoms with Gasteiger partial charge in [0.05, 0.1) is 6.61 Å². The van der Waals surface area contributed by atoms with E-state index < -0.39 is 0 Å². The van der Waals surface area contributed by atoms with Crippen molar-refractivity contribution in [1.29, 1.82) is 0 Å². The average molecular weight is 256 g/mol. The summed E-state index contributed by atoms with van der Waals surface area (Å²) in [6.07, 6.45) is 4.59. The van der Waals surface area contributed by atoms with Gasteiger partial charge in [-0.3, -0.25) is 0 Å². The second-order valence-electron chi connectivity index (χ2n) is 5.62. The van der Waals surface area contributed by atoms with Crippen molar-refractivity contribution in [2.75, 3.05) is 19.7 Å². The highest BCUT2D eigenvalue weighted by Gasteiger charge is 2.22. The molecule has 3 nitrogen and oxygen atoms in total. The molecule has 3 heterocycles. The van der Waals surface area contributed by atoms with Crippen LogP contribution in [0, 0.1) is 0 Å². The van der Waals surface area contributed by atoms with Gasteiger partial charge in [0.15, 0.2) is 0 Å². The third-order valence-corrected chi connectivity index (χ3v) is 4.58. The van der Waals surface area contributed by atoms with E-state index >= 15 is 0 Å². The summed E-state index contributed by atoms with van der Waals surface area (Å²) in [4.78, 5) is 0. The Hall–Kier alpha value is -1.48. The Bertz CT molecular complexity index is 642. The van der Waals surface area contributed by atoms with Gasteiger partial charge in [-0.2, -0.15) is 0 Å². The summed E-state index contributed by atoms with van der Waals surface area (Å²) in [5.74, 6) is 1.12. The van der Waals surface area contributed by atoms with Crippen molar-refractivity contribution in [2.45, 2.75) is 25.7 Å². The molecule has 1 N–H and O–H groups in total. The first-order valence-electron chi connectivity index (χ1n) is 7.32. The second-order valence-corrected chi connectivity index (χ2v) is 5.62. The van der Waals surface area contributed by atoms with E-state index in [1.807, 2.05) is 0 Å². The van der Waals surface area contributed by atoms with E-state index in [2.05, 4.69) is 29.1 Å². The van der Waals surface area contributed by atoms with E-state index in [0.717, 1.165) is 51.1 Å². The molecule has 4 rings (SSSR count). The molecule has 0 spiro atoms.